The first-order valence-corrected chi connectivity index (χ1v) is 17.1. The molecule has 6 heterocycles. The molecule has 0 bridgehead atoms. The molecule has 0 atom stereocenters. The standard InChI is InChI=1S/C46H30N6/c1-2-12-39-37(34-29-45(42-15-5-9-22-49-42)52-46(30-34)43-16-6-10-23-50-43)18-17-36(38(39)11-1)33-25-32(26-35(27-33)40-13-3-7-20-47-40)31-19-24-51-44(28-31)41-14-4-8-21-48-41/h1-30H. The van der Waals surface area contributed by atoms with Crippen molar-refractivity contribution in [3.05, 3.63) is 183 Å². The number of hydrogen-bond donors (Lipinski definition) is 0. The molecule has 0 spiro atoms. The van der Waals surface area contributed by atoms with Gasteiger partial charge in [-0.25, -0.2) is 4.98 Å². The molecule has 9 aromatic rings. The molecule has 3 aromatic carbocycles. The predicted molar refractivity (Wildman–Crippen MR) is 209 cm³/mol. The Bertz CT molecular complexity index is 2610. The lowest BCUT2D eigenvalue weighted by molar-refractivity contribution is 1.22. The van der Waals surface area contributed by atoms with E-state index >= 15 is 0 Å². The van der Waals surface area contributed by atoms with Gasteiger partial charge in [-0.1, -0.05) is 60.7 Å². The second-order valence-electron chi connectivity index (χ2n) is 12.4. The van der Waals surface area contributed by atoms with E-state index in [0.717, 1.165) is 89.6 Å². The van der Waals surface area contributed by atoms with Gasteiger partial charge in [-0.2, -0.15) is 0 Å². The lowest BCUT2D eigenvalue weighted by atomic mass is 9.89. The summed E-state index contributed by atoms with van der Waals surface area (Å²) in [6.07, 6.45) is 9.08. The second kappa shape index (κ2) is 13.6. The van der Waals surface area contributed by atoms with E-state index in [1.165, 1.54) is 0 Å². The molecule has 0 saturated heterocycles. The van der Waals surface area contributed by atoms with E-state index in [9.17, 15) is 0 Å². The molecule has 244 valence electrons. The maximum absolute atomic E-state index is 5.01. The molecule has 0 unspecified atom stereocenters. The van der Waals surface area contributed by atoms with E-state index in [4.69, 9.17) is 9.97 Å². The summed E-state index contributed by atoms with van der Waals surface area (Å²) in [4.78, 5) is 28.2. The van der Waals surface area contributed by atoms with Crippen molar-refractivity contribution in [3.63, 3.8) is 0 Å². The monoisotopic (exact) mass is 666 g/mol. The molecule has 0 fully saturated rings. The SMILES string of the molecule is c1ccc(-c2cc(-c3ccnc(-c4ccccn4)c3)cc(-c3ccc(-c4cc(-c5ccccn5)nc(-c5ccccn5)c4)c4ccccc34)c2)nc1. The summed E-state index contributed by atoms with van der Waals surface area (Å²) in [5.74, 6) is 0. The number of nitrogens with zero attached hydrogens (tertiary/aromatic N) is 6. The molecule has 52 heavy (non-hydrogen) atoms. The van der Waals surface area contributed by atoms with Crippen LogP contribution in [0.5, 0.6) is 0 Å². The van der Waals surface area contributed by atoms with Gasteiger partial charge in [0.05, 0.1) is 39.9 Å². The molecule has 0 amide bonds. The van der Waals surface area contributed by atoms with E-state index < -0.39 is 0 Å². The summed E-state index contributed by atoms with van der Waals surface area (Å²) in [7, 11) is 0. The van der Waals surface area contributed by atoms with Gasteiger partial charge in [0.2, 0.25) is 0 Å². The molecule has 0 saturated carbocycles. The number of hydrogen-bond acceptors (Lipinski definition) is 6. The van der Waals surface area contributed by atoms with Crippen molar-refractivity contribution in [2.75, 3.05) is 0 Å². The minimum atomic E-state index is 0.794. The highest BCUT2D eigenvalue weighted by molar-refractivity contribution is 6.06. The minimum absolute atomic E-state index is 0.794. The zero-order valence-electron chi connectivity index (χ0n) is 28.0. The highest BCUT2D eigenvalue weighted by Gasteiger charge is 2.16. The van der Waals surface area contributed by atoms with Crippen LogP contribution < -0.4 is 0 Å². The fourth-order valence-electron chi connectivity index (χ4n) is 6.68. The average molecular weight is 667 g/mol. The first kappa shape index (κ1) is 30.8. The topological polar surface area (TPSA) is 77.3 Å². The fraction of sp³-hybridized carbons (Fsp3) is 0. The van der Waals surface area contributed by atoms with Crippen LogP contribution in [0.25, 0.3) is 89.6 Å². The predicted octanol–water partition coefficient (Wildman–Crippen LogP) is 10.9. The molecule has 0 N–H and O–H groups in total. The third-order valence-corrected chi connectivity index (χ3v) is 9.14. The molecule has 6 aromatic heterocycles. The Labute approximate surface area is 301 Å². The van der Waals surface area contributed by atoms with Crippen LogP contribution >= 0.6 is 0 Å². The smallest absolute Gasteiger partial charge is 0.0900 e. The molecule has 9 rings (SSSR count). The molecule has 6 nitrogen and oxygen atoms in total. The van der Waals surface area contributed by atoms with E-state index in [1.54, 1.807) is 18.6 Å². The van der Waals surface area contributed by atoms with Gasteiger partial charge in [-0.15, -0.1) is 0 Å². The van der Waals surface area contributed by atoms with E-state index in [-0.39, 0.29) is 0 Å². The summed E-state index contributed by atoms with van der Waals surface area (Å²) in [6, 6.07) is 51.8. The van der Waals surface area contributed by atoms with Crippen molar-refractivity contribution < 1.29 is 0 Å². The minimum Gasteiger partial charge on any atom is -0.256 e. The summed E-state index contributed by atoms with van der Waals surface area (Å²) in [5.41, 5.74) is 13.3. The second-order valence-corrected chi connectivity index (χ2v) is 12.4. The van der Waals surface area contributed by atoms with Crippen LogP contribution in [-0.4, -0.2) is 29.9 Å². The van der Waals surface area contributed by atoms with Crippen molar-refractivity contribution >= 4 is 10.8 Å². The van der Waals surface area contributed by atoms with Crippen LogP contribution in [0.2, 0.25) is 0 Å². The maximum atomic E-state index is 5.01. The van der Waals surface area contributed by atoms with E-state index in [1.807, 2.05) is 79.1 Å². The molecular formula is C46H30N6. The fourth-order valence-corrected chi connectivity index (χ4v) is 6.68. The third kappa shape index (κ3) is 6.10. The van der Waals surface area contributed by atoms with Crippen LogP contribution in [-0.2, 0) is 0 Å². The summed E-state index contributed by atoms with van der Waals surface area (Å²) in [5, 5.41) is 2.28. The lowest BCUT2D eigenvalue weighted by Crippen LogP contribution is -1.95. The van der Waals surface area contributed by atoms with E-state index in [0.29, 0.717) is 0 Å². The highest BCUT2D eigenvalue weighted by Crippen LogP contribution is 2.40. The number of pyridine rings is 6. The van der Waals surface area contributed by atoms with Gasteiger partial charge in [0.15, 0.2) is 0 Å². The molecular weight excluding hydrogens is 637 g/mol. The first-order valence-electron chi connectivity index (χ1n) is 17.1. The Morgan fingerprint density at radius 2 is 0.673 bits per heavy atom. The van der Waals surface area contributed by atoms with Gasteiger partial charge >= 0.3 is 0 Å². The van der Waals surface area contributed by atoms with Gasteiger partial charge in [0.1, 0.15) is 0 Å². The van der Waals surface area contributed by atoms with Crippen molar-refractivity contribution in [1.29, 1.82) is 0 Å². The van der Waals surface area contributed by atoms with Gasteiger partial charge in [0, 0.05) is 36.5 Å². The Balaban J connectivity index is 1.22. The lowest BCUT2D eigenvalue weighted by Gasteiger charge is -2.16. The summed E-state index contributed by atoms with van der Waals surface area (Å²) in [6.45, 7) is 0. The van der Waals surface area contributed by atoms with Crippen LogP contribution in [0.3, 0.4) is 0 Å². The Kier molecular flexibility index (Phi) is 8.08. The van der Waals surface area contributed by atoms with Gasteiger partial charge < -0.3 is 0 Å². The van der Waals surface area contributed by atoms with Crippen molar-refractivity contribution in [2.24, 2.45) is 0 Å². The molecule has 0 radical (unpaired) electrons. The molecule has 6 heteroatoms. The molecule has 0 aliphatic heterocycles. The van der Waals surface area contributed by atoms with Gasteiger partial charge in [0.25, 0.3) is 0 Å². The van der Waals surface area contributed by atoms with Crippen LogP contribution in [0.1, 0.15) is 0 Å². The number of benzene rings is 3. The number of fused-ring (bicyclic) bond motifs is 1. The molecule has 0 aliphatic carbocycles. The van der Waals surface area contributed by atoms with Crippen molar-refractivity contribution in [2.45, 2.75) is 0 Å². The van der Waals surface area contributed by atoms with Gasteiger partial charge in [-0.3, -0.25) is 24.9 Å². The summed E-state index contributed by atoms with van der Waals surface area (Å²) >= 11 is 0. The largest absolute Gasteiger partial charge is 0.256 e. The van der Waals surface area contributed by atoms with Crippen LogP contribution in [0.15, 0.2) is 183 Å². The Morgan fingerprint density at radius 3 is 1.21 bits per heavy atom. The third-order valence-electron chi connectivity index (χ3n) is 9.14. The van der Waals surface area contributed by atoms with Gasteiger partial charge in [-0.05, 0) is 135 Å². The summed E-state index contributed by atoms with van der Waals surface area (Å²) < 4.78 is 0. The highest BCUT2D eigenvalue weighted by atomic mass is 14.8. The molecule has 0 aliphatic rings. The Morgan fingerprint density at radius 1 is 0.250 bits per heavy atom. The zero-order valence-corrected chi connectivity index (χ0v) is 28.0. The normalized spacial score (nSPS) is 11.1. The quantitative estimate of drug-likeness (QED) is 0.168. The first-order chi connectivity index (χ1) is 25.8. The number of aromatic nitrogens is 6. The van der Waals surface area contributed by atoms with Crippen molar-refractivity contribution in [3.8, 4) is 78.8 Å². The maximum Gasteiger partial charge on any atom is 0.0900 e. The van der Waals surface area contributed by atoms with Crippen LogP contribution in [0.4, 0.5) is 0 Å². The average Bonchev–Trinajstić information content (AvgIpc) is 3.24. The van der Waals surface area contributed by atoms with Crippen LogP contribution in [0, 0.1) is 0 Å². The zero-order chi connectivity index (χ0) is 34.7. The van der Waals surface area contributed by atoms with Crippen molar-refractivity contribution in [1.82, 2.24) is 29.9 Å². The number of rotatable bonds is 7. The Hall–Kier alpha value is -7.18. The van der Waals surface area contributed by atoms with E-state index in [2.05, 4.69) is 105 Å².